The quantitative estimate of drug-likeness (QED) is 0.721. The highest BCUT2D eigenvalue weighted by atomic mass is 19.1. The standard InChI is InChI=1S/C9H10F2O/c1-6-2-3-8(10)7(4-5-12)9(6)11/h2-3,12H,4-5H2,1H3. The second-order valence-electron chi connectivity index (χ2n) is 2.63. The molecule has 0 saturated heterocycles. The first-order valence-electron chi connectivity index (χ1n) is 3.71. The monoisotopic (exact) mass is 172 g/mol. The van der Waals surface area contributed by atoms with Gasteiger partial charge in [0.25, 0.3) is 0 Å². The molecule has 12 heavy (non-hydrogen) atoms. The van der Waals surface area contributed by atoms with Gasteiger partial charge in [-0.15, -0.1) is 0 Å². The Bertz CT molecular complexity index is 284. The van der Waals surface area contributed by atoms with Crippen molar-refractivity contribution in [2.75, 3.05) is 6.61 Å². The molecule has 1 rings (SSSR count). The summed E-state index contributed by atoms with van der Waals surface area (Å²) in [4.78, 5) is 0. The van der Waals surface area contributed by atoms with E-state index in [0.29, 0.717) is 5.56 Å². The summed E-state index contributed by atoms with van der Waals surface area (Å²) in [6.07, 6.45) is 0.0271. The number of hydrogen-bond donors (Lipinski definition) is 1. The highest BCUT2D eigenvalue weighted by molar-refractivity contribution is 5.26. The number of hydrogen-bond acceptors (Lipinski definition) is 1. The molecule has 0 spiro atoms. The van der Waals surface area contributed by atoms with Crippen LogP contribution in [0.2, 0.25) is 0 Å². The average molecular weight is 172 g/mol. The Labute approximate surface area is 69.7 Å². The van der Waals surface area contributed by atoms with E-state index in [-0.39, 0.29) is 18.6 Å². The molecule has 1 nitrogen and oxygen atoms in total. The molecular formula is C9H10F2O. The van der Waals surface area contributed by atoms with Crippen LogP contribution in [-0.4, -0.2) is 11.7 Å². The van der Waals surface area contributed by atoms with Crippen molar-refractivity contribution >= 4 is 0 Å². The minimum Gasteiger partial charge on any atom is -0.396 e. The Morgan fingerprint density at radius 1 is 1.33 bits per heavy atom. The predicted octanol–water partition coefficient (Wildman–Crippen LogP) is 1.81. The molecular weight excluding hydrogens is 162 g/mol. The molecule has 0 amide bonds. The summed E-state index contributed by atoms with van der Waals surface area (Å²) in [6, 6.07) is 2.59. The van der Waals surface area contributed by atoms with Crippen LogP contribution in [0.3, 0.4) is 0 Å². The first-order valence-corrected chi connectivity index (χ1v) is 3.71. The SMILES string of the molecule is Cc1ccc(F)c(CCO)c1F. The molecule has 0 fully saturated rings. The third-order valence-corrected chi connectivity index (χ3v) is 1.74. The van der Waals surface area contributed by atoms with Gasteiger partial charge < -0.3 is 5.11 Å². The van der Waals surface area contributed by atoms with Crippen molar-refractivity contribution in [2.45, 2.75) is 13.3 Å². The van der Waals surface area contributed by atoms with E-state index in [9.17, 15) is 8.78 Å². The fourth-order valence-corrected chi connectivity index (χ4v) is 1.06. The Hall–Kier alpha value is -0.960. The van der Waals surface area contributed by atoms with E-state index in [0.717, 1.165) is 0 Å². The molecule has 3 heteroatoms. The molecule has 1 aromatic rings. The maximum Gasteiger partial charge on any atom is 0.132 e. The van der Waals surface area contributed by atoms with E-state index in [4.69, 9.17) is 5.11 Å². The number of aliphatic hydroxyl groups is 1. The van der Waals surface area contributed by atoms with Crippen LogP contribution in [0, 0.1) is 18.6 Å². The van der Waals surface area contributed by atoms with Crippen LogP contribution in [0.1, 0.15) is 11.1 Å². The van der Waals surface area contributed by atoms with Crippen molar-refractivity contribution in [1.82, 2.24) is 0 Å². The number of aryl methyl sites for hydroxylation is 1. The second kappa shape index (κ2) is 3.63. The summed E-state index contributed by atoms with van der Waals surface area (Å²) in [5.74, 6) is -1.14. The van der Waals surface area contributed by atoms with Gasteiger partial charge in [0.15, 0.2) is 0 Å². The number of rotatable bonds is 2. The molecule has 0 saturated carbocycles. The van der Waals surface area contributed by atoms with E-state index in [1.54, 1.807) is 6.92 Å². The van der Waals surface area contributed by atoms with Gasteiger partial charge >= 0.3 is 0 Å². The van der Waals surface area contributed by atoms with Crippen LogP contribution in [0.4, 0.5) is 8.78 Å². The summed E-state index contributed by atoms with van der Waals surface area (Å²) >= 11 is 0. The molecule has 0 heterocycles. The van der Waals surface area contributed by atoms with Crippen LogP contribution in [0.25, 0.3) is 0 Å². The molecule has 0 unspecified atom stereocenters. The lowest BCUT2D eigenvalue weighted by Gasteiger charge is -2.04. The topological polar surface area (TPSA) is 20.2 Å². The third kappa shape index (κ3) is 1.61. The zero-order valence-electron chi connectivity index (χ0n) is 6.77. The average Bonchev–Trinajstić information content (AvgIpc) is 2.06. The maximum atomic E-state index is 13.1. The molecule has 1 N–H and O–H groups in total. The molecule has 0 aliphatic heterocycles. The highest BCUT2D eigenvalue weighted by Gasteiger charge is 2.09. The largest absolute Gasteiger partial charge is 0.396 e. The lowest BCUT2D eigenvalue weighted by molar-refractivity contribution is 0.295. The predicted molar refractivity (Wildman–Crippen MR) is 41.9 cm³/mol. The summed E-state index contributed by atoms with van der Waals surface area (Å²) < 4.78 is 26.0. The summed E-state index contributed by atoms with van der Waals surface area (Å²) in [6.45, 7) is 1.33. The highest BCUT2D eigenvalue weighted by Crippen LogP contribution is 2.16. The Kier molecular flexibility index (Phi) is 2.76. The van der Waals surface area contributed by atoms with E-state index in [1.165, 1.54) is 12.1 Å². The van der Waals surface area contributed by atoms with Crippen molar-refractivity contribution in [2.24, 2.45) is 0 Å². The minimum absolute atomic E-state index is 0.0271. The first kappa shape index (κ1) is 9.13. The van der Waals surface area contributed by atoms with Crippen LogP contribution in [0.5, 0.6) is 0 Å². The lowest BCUT2D eigenvalue weighted by Crippen LogP contribution is -2.00. The molecule has 0 radical (unpaired) electrons. The zero-order chi connectivity index (χ0) is 9.14. The van der Waals surface area contributed by atoms with Crippen molar-refractivity contribution in [3.8, 4) is 0 Å². The van der Waals surface area contributed by atoms with E-state index >= 15 is 0 Å². The molecule has 0 bridgehead atoms. The van der Waals surface area contributed by atoms with Crippen LogP contribution in [0.15, 0.2) is 12.1 Å². The van der Waals surface area contributed by atoms with E-state index in [1.807, 2.05) is 0 Å². The molecule has 0 aliphatic carbocycles. The molecule has 0 aromatic heterocycles. The van der Waals surface area contributed by atoms with Gasteiger partial charge in [-0.2, -0.15) is 0 Å². The van der Waals surface area contributed by atoms with Gasteiger partial charge in [-0.25, -0.2) is 8.78 Å². The molecule has 1 aromatic carbocycles. The van der Waals surface area contributed by atoms with Gasteiger partial charge in [-0.3, -0.25) is 0 Å². The van der Waals surface area contributed by atoms with Gasteiger partial charge in [-0.1, -0.05) is 6.07 Å². The van der Waals surface area contributed by atoms with Crippen molar-refractivity contribution in [3.05, 3.63) is 34.9 Å². The second-order valence-corrected chi connectivity index (χ2v) is 2.63. The summed E-state index contributed by atoms with van der Waals surface area (Å²) in [5.41, 5.74) is 0.373. The van der Waals surface area contributed by atoms with Gasteiger partial charge in [-0.05, 0) is 18.6 Å². The van der Waals surface area contributed by atoms with E-state index in [2.05, 4.69) is 0 Å². The lowest BCUT2D eigenvalue weighted by atomic mass is 10.1. The van der Waals surface area contributed by atoms with Crippen molar-refractivity contribution in [3.63, 3.8) is 0 Å². The van der Waals surface area contributed by atoms with Gasteiger partial charge in [0, 0.05) is 18.6 Å². The Morgan fingerprint density at radius 3 is 2.58 bits per heavy atom. The Morgan fingerprint density at radius 2 is 2.00 bits per heavy atom. The fourth-order valence-electron chi connectivity index (χ4n) is 1.06. The van der Waals surface area contributed by atoms with Crippen molar-refractivity contribution < 1.29 is 13.9 Å². The van der Waals surface area contributed by atoms with E-state index < -0.39 is 11.6 Å². The molecule has 0 aliphatic rings. The Balaban J connectivity index is 3.14. The number of aliphatic hydroxyl groups excluding tert-OH is 1. The summed E-state index contributed by atoms with van der Waals surface area (Å²) in [5, 5.41) is 8.53. The van der Waals surface area contributed by atoms with Gasteiger partial charge in [0.1, 0.15) is 11.6 Å². The van der Waals surface area contributed by atoms with Crippen molar-refractivity contribution in [1.29, 1.82) is 0 Å². The smallest absolute Gasteiger partial charge is 0.132 e. The normalized spacial score (nSPS) is 10.3. The van der Waals surface area contributed by atoms with Crippen LogP contribution < -0.4 is 0 Å². The van der Waals surface area contributed by atoms with Gasteiger partial charge in [0.2, 0.25) is 0 Å². The maximum absolute atomic E-state index is 13.1. The fraction of sp³-hybridized carbons (Fsp3) is 0.333. The number of halogens is 2. The minimum atomic E-state index is -0.591. The first-order chi connectivity index (χ1) is 5.66. The van der Waals surface area contributed by atoms with Gasteiger partial charge in [0.05, 0.1) is 0 Å². The summed E-state index contributed by atoms with van der Waals surface area (Å²) in [7, 11) is 0. The zero-order valence-corrected chi connectivity index (χ0v) is 6.77. The number of benzene rings is 1. The third-order valence-electron chi connectivity index (χ3n) is 1.74. The van der Waals surface area contributed by atoms with Crippen LogP contribution in [-0.2, 0) is 6.42 Å². The molecule has 0 atom stereocenters. The molecule has 66 valence electrons. The van der Waals surface area contributed by atoms with Crippen LogP contribution >= 0.6 is 0 Å².